The minimum absolute atomic E-state index is 0.103. The fourth-order valence-corrected chi connectivity index (χ4v) is 3.24. The Morgan fingerprint density at radius 2 is 1.65 bits per heavy atom. The first-order valence-corrected chi connectivity index (χ1v) is 9.12. The van der Waals surface area contributed by atoms with Gasteiger partial charge >= 0.3 is 6.09 Å². The molecule has 23 heavy (non-hydrogen) atoms. The third-order valence-electron chi connectivity index (χ3n) is 4.78. The Bertz CT molecular complexity index is 378. The molecule has 2 rings (SSSR count). The first kappa shape index (κ1) is 18.5. The Kier molecular flexibility index (Phi) is 6.32. The van der Waals surface area contributed by atoms with Crippen molar-refractivity contribution in [3.05, 3.63) is 0 Å². The zero-order chi connectivity index (χ0) is 16.9. The molecule has 0 bridgehead atoms. The number of hydrogen-bond donors (Lipinski definition) is 0. The summed E-state index contributed by atoms with van der Waals surface area (Å²) in [7, 11) is 0. The minimum atomic E-state index is -0.428. The van der Waals surface area contributed by atoms with Crippen LogP contribution >= 0.6 is 0 Å². The van der Waals surface area contributed by atoms with Gasteiger partial charge in [0.2, 0.25) is 0 Å². The van der Waals surface area contributed by atoms with Gasteiger partial charge < -0.3 is 19.3 Å². The SMILES string of the molecule is CC(C)(C)OC(=O)N1CCC(C)(OCCN2CCCCC2)CC1. The molecule has 0 atom stereocenters. The molecule has 2 aliphatic rings. The lowest BCUT2D eigenvalue weighted by molar-refractivity contribution is -0.0776. The van der Waals surface area contributed by atoms with Crippen LogP contribution in [0.4, 0.5) is 4.79 Å². The molecule has 5 nitrogen and oxygen atoms in total. The number of nitrogens with zero attached hydrogens (tertiary/aromatic N) is 2. The maximum atomic E-state index is 12.1. The number of carbonyl (C=O) groups is 1. The summed E-state index contributed by atoms with van der Waals surface area (Å²) in [4.78, 5) is 16.4. The first-order chi connectivity index (χ1) is 10.8. The van der Waals surface area contributed by atoms with E-state index in [9.17, 15) is 4.79 Å². The summed E-state index contributed by atoms with van der Waals surface area (Å²) in [6.45, 7) is 13.6. The lowest BCUT2D eigenvalue weighted by atomic mass is 9.93. The van der Waals surface area contributed by atoms with Crippen molar-refractivity contribution in [2.45, 2.75) is 71.0 Å². The number of hydrogen-bond acceptors (Lipinski definition) is 4. The predicted octanol–water partition coefficient (Wildman–Crippen LogP) is 3.28. The van der Waals surface area contributed by atoms with Crippen molar-refractivity contribution in [3.63, 3.8) is 0 Å². The van der Waals surface area contributed by atoms with Gasteiger partial charge in [-0.15, -0.1) is 0 Å². The Labute approximate surface area is 141 Å². The molecule has 0 spiro atoms. The lowest BCUT2D eigenvalue weighted by Crippen LogP contribution is -2.48. The van der Waals surface area contributed by atoms with Gasteiger partial charge in [-0.3, -0.25) is 0 Å². The third-order valence-corrected chi connectivity index (χ3v) is 4.78. The van der Waals surface area contributed by atoms with Crippen LogP contribution in [0.1, 0.15) is 59.8 Å². The lowest BCUT2D eigenvalue weighted by Gasteiger charge is -2.40. The maximum absolute atomic E-state index is 12.1. The molecule has 134 valence electrons. The Morgan fingerprint density at radius 3 is 2.22 bits per heavy atom. The fourth-order valence-electron chi connectivity index (χ4n) is 3.24. The second kappa shape index (κ2) is 7.84. The molecule has 0 aromatic carbocycles. The van der Waals surface area contributed by atoms with Crippen LogP contribution in [-0.2, 0) is 9.47 Å². The van der Waals surface area contributed by atoms with E-state index in [0.717, 1.165) is 39.1 Å². The Balaban J connectivity index is 1.68. The van der Waals surface area contributed by atoms with Crippen LogP contribution in [0.2, 0.25) is 0 Å². The molecular weight excluding hydrogens is 292 g/mol. The molecule has 5 heteroatoms. The molecule has 0 saturated carbocycles. The number of ether oxygens (including phenoxy) is 2. The van der Waals surface area contributed by atoms with Crippen molar-refractivity contribution < 1.29 is 14.3 Å². The zero-order valence-electron chi connectivity index (χ0n) is 15.4. The van der Waals surface area contributed by atoms with E-state index in [-0.39, 0.29) is 11.7 Å². The highest BCUT2D eigenvalue weighted by Gasteiger charge is 2.34. The van der Waals surface area contributed by atoms with Crippen molar-refractivity contribution >= 4 is 6.09 Å². The summed E-state index contributed by atoms with van der Waals surface area (Å²) in [6, 6.07) is 0. The summed E-state index contributed by atoms with van der Waals surface area (Å²) in [5.74, 6) is 0. The van der Waals surface area contributed by atoms with Crippen LogP contribution in [0.5, 0.6) is 0 Å². The van der Waals surface area contributed by atoms with E-state index in [1.807, 2.05) is 20.8 Å². The van der Waals surface area contributed by atoms with Crippen LogP contribution in [0.15, 0.2) is 0 Å². The van der Waals surface area contributed by atoms with Crippen LogP contribution in [0, 0.1) is 0 Å². The van der Waals surface area contributed by atoms with Crippen LogP contribution in [-0.4, -0.2) is 66.4 Å². The van der Waals surface area contributed by atoms with Gasteiger partial charge in [0.25, 0.3) is 0 Å². The molecule has 0 unspecified atom stereocenters. The first-order valence-electron chi connectivity index (χ1n) is 9.12. The summed E-state index contributed by atoms with van der Waals surface area (Å²) in [5, 5.41) is 0. The highest BCUT2D eigenvalue weighted by Crippen LogP contribution is 2.27. The third kappa shape index (κ3) is 6.30. The fraction of sp³-hybridized carbons (Fsp3) is 0.944. The van der Waals surface area contributed by atoms with E-state index in [2.05, 4.69) is 11.8 Å². The quantitative estimate of drug-likeness (QED) is 0.795. The monoisotopic (exact) mass is 326 g/mol. The number of carbonyl (C=O) groups excluding carboxylic acids is 1. The molecule has 2 aliphatic heterocycles. The average molecular weight is 326 g/mol. The van der Waals surface area contributed by atoms with Crippen molar-refractivity contribution in [1.82, 2.24) is 9.80 Å². The molecule has 0 aromatic rings. The Hall–Kier alpha value is -0.810. The molecule has 2 fully saturated rings. The summed E-state index contributed by atoms with van der Waals surface area (Å²) >= 11 is 0. The summed E-state index contributed by atoms with van der Waals surface area (Å²) < 4.78 is 11.6. The molecule has 0 radical (unpaired) electrons. The molecular formula is C18H34N2O3. The number of piperidine rings is 2. The zero-order valence-corrected chi connectivity index (χ0v) is 15.4. The van der Waals surface area contributed by atoms with E-state index in [1.165, 1.54) is 32.4 Å². The van der Waals surface area contributed by atoms with Crippen LogP contribution < -0.4 is 0 Å². The van der Waals surface area contributed by atoms with Crippen molar-refractivity contribution in [2.24, 2.45) is 0 Å². The van der Waals surface area contributed by atoms with E-state index >= 15 is 0 Å². The molecule has 2 saturated heterocycles. The van der Waals surface area contributed by atoms with Crippen molar-refractivity contribution in [1.29, 1.82) is 0 Å². The second-order valence-corrected chi connectivity index (χ2v) is 8.17. The van der Waals surface area contributed by atoms with E-state index in [4.69, 9.17) is 9.47 Å². The maximum Gasteiger partial charge on any atom is 0.410 e. The molecule has 0 N–H and O–H groups in total. The van der Waals surface area contributed by atoms with Gasteiger partial charge in [0, 0.05) is 19.6 Å². The molecule has 0 aliphatic carbocycles. The number of amides is 1. The highest BCUT2D eigenvalue weighted by atomic mass is 16.6. The van der Waals surface area contributed by atoms with E-state index < -0.39 is 5.60 Å². The van der Waals surface area contributed by atoms with Crippen LogP contribution in [0.25, 0.3) is 0 Å². The van der Waals surface area contributed by atoms with Crippen molar-refractivity contribution in [3.8, 4) is 0 Å². The average Bonchev–Trinajstić information content (AvgIpc) is 2.47. The van der Waals surface area contributed by atoms with E-state index in [0.29, 0.717) is 0 Å². The molecule has 2 heterocycles. The van der Waals surface area contributed by atoms with Gasteiger partial charge in [-0.2, -0.15) is 0 Å². The molecule has 1 amide bonds. The molecule has 0 aromatic heterocycles. The van der Waals surface area contributed by atoms with Gasteiger partial charge in [-0.25, -0.2) is 4.79 Å². The summed E-state index contributed by atoms with van der Waals surface area (Å²) in [5.41, 5.74) is -0.531. The van der Waals surface area contributed by atoms with E-state index in [1.54, 1.807) is 4.90 Å². The standard InChI is InChI=1S/C18H34N2O3/c1-17(2,3)23-16(21)20-12-8-18(4,9-13-20)22-15-14-19-10-6-5-7-11-19/h5-15H2,1-4H3. The largest absolute Gasteiger partial charge is 0.444 e. The van der Waals surface area contributed by atoms with Crippen molar-refractivity contribution in [2.75, 3.05) is 39.3 Å². The second-order valence-electron chi connectivity index (χ2n) is 8.17. The smallest absolute Gasteiger partial charge is 0.410 e. The summed E-state index contributed by atoms with van der Waals surface area (Å²) in [6.07, 6.45) is 5.58. The minimum Gasteiger partial charge on any atom is -0.444 e. The topological polar surface area (TPSA) is 42.0 Å². The highest BCUT2D eigenvalue weighted by molar-refractivity contribution is 5.68. The van der Waals surface area contributed by atoms with Gasteiger partial charge in [0.05, 0.1) is 12.2 Å². The van der Waals surface area contributed by atoms with Gasteiger partial charge in [0.15, 0.2) is 0 Å². The van der Waals surface area contributed by atoms with Gasteiger partial charge in [-0.1, -0.05) is 6.42 Å². The normalized spacial score (nSPS) is 22.9. The number of rotatable bonds is 4. The Morgan fingerprint density at radius 1 is 1.04 bits per heavy atom. The number of likely N-dealkylation sites (tertiary alicyclic amines) is 2. The van der Waals surface area contributed by atoms with Gasteiger partial charge in [-0.05, 0) is 66.5 Å². The van der Waals surface area contributed by atoms with Gasteiger partial charge in [0.1, 0.15) is 5.60 Å². The predicted molar refractivity (Wildman–Crippen MR) is 91.7 cm³/mol. The van der Waals surface area contributed by atoms with Crippen LogP contribution in [0.3, 0.4) is 0 Å².